The molecule has 0 unspecified atom stereocenters. The fraction of sp³-hybridized carbons (Fsp3) is 0.176. The van der Waals surface area contributed by atoms with Crippen LogP contribution < -0.4 is 4.74 Å². The number of hydrogen-bond donors (Lipinski definition) is 1. The van der Waals surface area contributed by atoms with E-state index in [-0.39, 0.29) is 0 Å². The van der Waals surface area contributed by atoms with Crippen LogP contribution in [-0.4, -0.2) is 27.0 Å². The second-order valence-corrected chi connectivity index (χ2v) is 5.63. The van der Waals surface area contributed by atoms with Crippen LogP contribution in [0.1, 0.15) is 11.3 Å². The van der Waals surface area contributed by atoms with E-state index < -0.39 is 0 Å². The lowest BCUT2D eigenvalue weighted by molar-refractivity contribution is 0.195. The van der Waals surface area contributed by atoms with E-state index in [1.165, 1.54) is 0 Å². The molecule has 2 aromatic heterocycles. The lowest BCUT2D eigenvalue weighted by Crippen LogP contribution is -1.99. The minimum Gasteiger partial charge on any atom is -0.496 e. The van der Waals surface area contributed by atoms with E-state index in [0.717, 1.165) is 15.9 Å². The predicted molar refractivity (Wildman–Crippen MR) is 89.1 cm³/mol. The Morgan fingerprint density at radius 2 is 2.04 bits per heavy atom. The zero-order valence-electron chi connectivity index (χ0n) is 13.0. The molecule has 0 bridgehead atoms. The molecule has 6 heteroatoms. The molecule has 3 aromatic rings. The smallest absolute Gasteiger partial charge is 0.180 e. The molecule has 1 aromatic carbocycles. The van der Waals surface area contributed by atoms with Crippen molar-refractivity contribution in [3.8, 4) is 28.4 Å². The van der Waals surface area contributed by atoms with E-state index in [1.54, 1.807) is 25.6 Å². The van der Waals surface area contributed by atoms with Crippen LogP contribution in [0, 0.1) is 13.8 Å². The standard InChI is InChI=1S/C17H16ClN3O2/c1-10-7-15(23-3)13(8-14(10)18)17-20-11(2)16(21(17)22)12-5-4-6-19-9-12/h4-9,22H,1-3H3. The van der Waals surface area contributed by atoms with Crippen molar-refractivity contribution in [1.82, 2.24) is 14.7 Å². The minimum absolute atomic E-state index is 0.375. The number of aryl methyl sites for hydroxylation is 2. The van der Waals surface area contributed by atoms with Crippen LogP contribution in [-0.2, 0) is 0 Å². The number of imidazole rings is 1. The SMILES string of the molecule is COc1cc(C)c(Cl)cc1-c1nc(C)c(-c2cccnc2)n1O. The maximum absolute atomic E-state index is 10.6. The Balaban J connectivity index is 2.22. The average molecular weight is 330 g/mol. The molecule has 1 N–H and O–H groups in total. The van der Waals surface area contributed by atoms with Crippen molar-refractivity contribution in [2.45, 2.75) is 13.8 Å². The van der Waals surface area contributed by atoms with Crippen molar-refractivity contribution in [3.05, 3.63) is 52.9 Å². The lowest BCUT2D eigenvalue weighted by Gasteiger charge is -2.11. The number of halogens is 1. The first kappa shape index (κ1) is 15.4. The number of pyridine rings is 1. The molecule has 2 heterocycles. The fourth-order valence-electron chi connectivity index (χ4n) is 2.53. The van der Waals surface area contributed by atoms with Crippen LogP contribution in [0.15, 0.2) is 36.7 Å². The van der Waals surface area contributed by atoms with Gasteiger partial charge in [0.15, 0.2) is 5.82 Å². The third-order valence-electron chi connectivity index (χ3n) is 3.69. The topological polar surface area (TPSA) is 60.2 Å². The number of nitrogens with zero attached hydrogens (tertiary/aromatic N) is 3. The Kier molecular flexibility index (Phi) is 3.96. The normalized spacial score (nSPS) is 10.8. The van der Waals surface area contributed by atoms with Crippen LogP contribution >= 0.6 is 11.6 Å². The molecule has 0 saturated carbocycles. The first-order valence-corrected chi connectivity index (χ1v) is 7.44. The zero-order chi connectivity index (χ0) is 16.6. The molecule has 0 amide bonds. The molecular weight excluding hydrogens is 314 g/mol. The summed E-state index contributed by atoms with van der Waals surface area (Å²) in [6.07, 6.45) is 3.36. The van der Waals surface area contributed by atoms with Crippen LogP contribution in [0.2, 0.25) is 5.02 Å². The fourth-order valence-corrected chi connectivity index (χ4v) is 2.69. The number of hydrogen-bond acceptors (Lipinski definition) is 4. The summed E-state index contributed by atoms with van der Waals surface area (Å²) in [7, 11) is 1.58. The molecule has 0 fully saturated rings. The minimum atomic E-state index is 0.375. The van der Waals surface area contributed by atoms with Crippen molar-refractivity contribution in [2.75, 3.05) is 7.11 Å². The molecule has 0 saturated heterocycles. The maximum atomic E-state index is 10.6. The highest BCUT2D eigenvalue weighted by Crippen LogP contribution is 2.36. The van der Waals surface area contributed by atoms with Gasteiger partial charge < -0.3 is 9.94 Å². The van der Waals surface area contributed by atoms with Crippen molar-refractivity contribution >= 4 is 11.6 Å². The second kappa shape index (κ2) is 5.93. The Morgan fingerprint density at radius 3 is 2.70 bits per heavy atom. The van der Waals surface area contributed by atoms with Gasteiger partial charge in [0, 0.05) is 23.0 Å². The van der Waals surface area contributed by atoms with Gasteiger partial charge in [-0.15, -0.1) is 0 Å². The molecule has 0 spiro atoms. The molecule has 118 valence electrons. The van der Waals surface area contributed by atoms with Crippen LogP contribution in [0.3, 0.4) is 0 Å². The van der Waals surface area contributed by atoms with E-state index in [9.17, 15) is 5.21 Å². The number of methoxy groups -OCH3 is 1. The summed E-state index contributed by atoms with van der Waals surface area (Å²) in [6, 6.07) is 7.25. The Morgan fingerprint density at radius 1 is 1.26 bits per heavy atom. The number of rotatable bonds is 3. The second-order valence-electron chi connectivity index (χ2n) is 5.22. The van der Waals surface area contributed by atoms with Crippen LogP contribution in [0.4, 0.5) is 0 Å². The molecule has 0 aliphatic heterocycles. The summed E-state index contributed by atoms with van der Waals surface area (Å²) >= 11 is 6.22. The molecule has 3 rings (SSSR count). The van der Waals surface area contributed by atoms with E-state index in [0.29, 0.717) is 33.5 Å². The monoisotopic (exact) mass is 329 g/mol. The highest BCUT2D eigenvalue weighted by atomic mass is 35.5. The molecule has 0 radical (unpaired) electrons. The van der Waals surface area contributed by atoms with E-state index >= 15 is 0 Å². The van der Waals surface area contributed by atoms with Crippen molar-refractivity contribution in [3.63, 3.8) is 0 Å². The highest BCUT2D eigenvalue weighted by Gasteiger charge is 2.20. The average Bonchev–Trinajstić information content (AvgIpc) is 2.85. The van der Waals surface area contributed by atoms with Gasteiger partial charge in [-0.2, -0.15) is 4.73 Å². The summed E-state index contributed by atoms with van der Waals surface area (Å²) in [5.74, 6) is 0.977. The lowest BCUT2D eigenvalue weighted by atomic mass is 10.1. The highest BCUT2D eigenvalue weighted by molar-refractivity contribution is 6.31. The van der Waals surface area contributed by atoms with E-state index in [2.05, 4.69) is 9.97 Å². The van der Waals surface area contributed by atoms with Crippen LogP contribution in [0.25, 0.3) is 22.6 Å². The molecular formula is C17H16ClN3O2. The molecule has 23 heavy (non-hydrogen) atoms. The van der Waals surface area contributed by atoms with Gasteiger partial charge in [-0.1, -0.05) is 11.6 Å². The van der Waals surface area contributed by atoms with Crippen molar-refractivity contribution in [1.29, 1.82) is 0 Å². The summed E-state index contributed by atoms with van der Waals surface area (Å²) in [6.45, 7) is 3.73. The summed E-state index contributed by atoms with van der Waals surface area (Å²) in [5.41, 5.74) is 3.58. The van der Waals surface area contributed by atoms with E-state index in [4.69, 9.17) is 16.3 Å². The van der Waals surface area contributed by atoms with Gasteiger partial charge in [0.1, 0.15) is 11.4 Å². The first-order chi connectivity index (χ1) is 11.0. The molecule has 0 aliphatic rings. The van der Waals surface area contributed by atoms with Gasteiger partial charge in [0.2, 0.25) is 0 Å². The number of ether oxygens (including phenoxy) is 1. The first-order valence-electron chi connectivity index (χ1n) is 7.06. The number of benzene rings is 1. The summed E-state index contributed by atoms with van der Waals surface area (Å²) in [5, 5.41) is 11.2. The molecule has 0 aliphatic carbocycles. The zero-order valence-corrected chi connectivity index (χ0v) is 13.8. The summed E-state index contributed by atoms with van der Waals surface area (Å²) in [4.78, 5) is 8.57. The maximum Gasteiger partial charge on any atom is 0.180 e. The largest absolute Gasteiger partial charge is 0.496 e. The Hall–Kier alpha value is -2.53. The molecule has 0 atom stereocenters. The van der Waals surface area contributed by atoms with Crippen molar-refractivity contribution < 1.29 is 9.94 Å². The van der Waals surface area contributed by atoms with E-state index in [1.807, 2.05) is 32.0 Å². The molecule has 5 nitrogen and oxygen atoms in total. The number of aromatic nitrogens is 3. The third-order valence-corrected chi connectivity index (χ3v) is 4.09. The van der Waals surface area contributed by atoms with Gasteiger partial charge in [0.25, 0.3) is 0 Å². The van der Waals surface area contributed by atoms with Crippen molar-refractivity contribution in [2.24, 2.45) is 0 Å². The van der Waals surface area contributed by atoms with Crippen LogP contribution in [0.5, 0.6) is 5.75 Å². The Labute approximate surface area is 139 Å². The predicted octanol–water partition coefficient (Wildman–Crippen LogP) is 4.13. The van der Waals surface area contributed by atoms with Gasteiger partial charge >= 0.3 is 0 Å². The Bertz CT molecular complexity index is 860. The van der Waals surface area contributed by atoms with Gasteiger partial charge in [-0.25, -0.2) is 4.98 Å². The van der Waals surface area contributed by atoms with Gasteiger partial charge in [-0.05, 0) is 43.7 Å². The quantitative estimate of drug-likeness (QED) is 0.734. The van der Waals surface area contributed by atoms with Gasteiger partial charge in [-0.3, -0.25) is 4.98 Å². The third kappa shape index (κ3) is 2.64. The van der Waals surface area contributed by atoms with Gasteiger partial charge in [0.05, 0.1) is 18.4 Å². The summed E-state index contributed by atoms with van der Waals surface area (Å²) < 4.78 is 6.46.